The molecule has 0 amide bonds. The van der Waals surface area contributed by atoms with Gasteiger partial charge in [-0.15, -0.1) is 0 Å². The molecule has 0 heterocycles. The number of anilines is 1. The fourth-order valence-electron chi connectivity index (χ4n) is 0.927. The van der Waals surface area contributed by atoms with Crippen LogP contribution >= 0.6 is 0 Å². The second-order valence-corrected chi connectivity index (χ2v) is 2.54. The van der Waals surface area contributed by atoms with Crippen LogP contribution in [0.4, 0.5) is 5.69 Å². The molecule has 2 N–H and O–H groups in total. The van der Waals surface area contributed by atoms with E-state index in [2.05, 4.69) is 5.32 Å². The fourth-order valence-corrected chi connectivity index (χ4v) is 0.927. The van der Waals surface area contributed by atoms with Gasteiger partial charge in [-0.05, 0) is 18.2 Å². The molecule has 0 aliphatic heterocycles. The molecule has 0 bridgehead atoms. The summed E-state index contributed by atoms with van der Waals surface area (Å²) in [5.74, 6) is 0. The predicted octanol–water partition coefficient (Wildman–Crippen LogP) is 0.520. The molecule has 12 heavy (non-hydrogen) atoms. The summed E-state index contributed by atoms with van der Waals surface area (Å²) >= 11 is 0. The summed E-state index contributed by atoms with van der Waals surface area (Å²) in [6.45, 7) is 0. The molecule has 0 saturated heterocycles. The van der Waals surface area contributed by atoms with E-state index in [0.29, 0.717) is 0 Å². The molecule has 2 nitrogen and oxygen atoms in total. The molecule has 0 saturated carbocycles. The van der Waals surface area contributed by atoms with Crippen molar-refractivity contribution in [2.75, 3.05) is 5.32 Å². The van der Waals surface area contributed by atoms with Crippen LogP contribution in [0.1, 0.15) is 0 Å². The van der Waals surface area contributed by atoms with Crippen LogP contribution in [-0.4, -0.2) is 14.1 Å². The first-order chi connectivity index (χ1) is 5.83. The molecular formula is C9H11BN2. The molecule has 0 aliphatic rings. The minimum absolute atomic E-state index is 1.05. The van der Waals surface area contributed by atoms with Crippen molar-refractivity contribution in [3.63, 3.8) is 0 Å². The lowest BCUT2D eigenvalue weighted by Gasteiger charge is -2.00. The van der Waals surface area contributed by atoms with Crippen molar-refractivity contribution in [2.24, 2.45) is 0 Å². The lowest BCUT2D eigenvalue weighted by atomic mass is 9.96. The number of benzene rings is 1. The van der Waals surface area contributed by atoms with Gasteiger partial charge in [0.15, 0.2) is 0 Å². The maximum absolute atomic E-state index is 6.76. The van der Waals surface area contributed by atoms with E-state index in [4.69, 9.17) is 5.41 Å². The van der Waals surface area contributed by atoms with Crippen LogP contribution in [0, 0.1) is 5.41 Å². The minimum atomic E-state index is 1.05. The smallest absolute Gasteiger partial charge is 0.139 e. The summed E-state index contributed by atoms with van der Waals surface area (Å²) in [5, 5.41) is 9.81. The lowest BCUT2D eigenvalue weighted by Crippen LogP contribution is -2.01. The molecule has 0 fully saturated rings. The van der Waals surface area contributed by atoms with Gasteiger partial charge in [0.25, 0.3) is 0 Å². The van der Waals surface area contributed by atoms with Gasteiger partial charge in [-0.3, -0.25) is 0 Å². The zero-order chi connectivity index (χ0) is 8.81. The third kappa shape index (κ3) is 2.62. The Bertz CT molecular complexity index is 294. The molecule has 0 unspecified atom stereocenters. The van der Waals surface area contributed by atoms with Crippen LogP contribution < -0.4 is 10.8 Å². The Balaban J connectivity index is 2.63. The van der Waals surface area contributed by atoms with Gasteiger partial charge in [-0.2, -0.15) is 0 Å². The highest BCUT2D eigenvalue weighted by molar-refractivity contribution is 6.32. The van der Waals surface area contributed by atoms with E-state index < -0.39 is 0 Å². The lowest BCUT2D eigenvalue weighted by molar-refractivity contribution is 1.56. The third-order valence-corrected chi connectivity index (χ3v) is 1.46. The number of hydrogen-bond acceptors (Lipinski definition) is 2. The Morgan fingerprint density at radius 2 is 2.25 bits per heavy atom. The average molecular weight is 158 g/mol. The summed E-state index contributed by atoms with van der Waals surface area (Å²) in [6.07, 6.45) is 4.62. The Labute approximate surface area is 73.2 Å². The Morgan fingerprint density at radius 3 is 2.92 bits per heavy atom. The van der Waals surface area contributed by atoms with Crippen LogP contribution in [0.15, 0.2) is 36.5 Å². The van der Waals surface area contributed by atoms with E-state index in [9.17, 15) is 0 Å². The second-order valence-electron chi connectivity index (χ2n) is 2.54. The van der Waals surface area contributed by atoms with Gasteiger partial charge in [-0.1, -0.05) is 17.6 Å². The van der Waals surface area contributed by atoms with Gasteiger partial charge >= 0.3 is 0 Å². The van der Waals surface area contributed by atoms with Gasteiger partial charge in [-0.25, -0.2) is 0 Å². The second kappa shape index (κ2) is 4.39. The van der Waals surface area contributed by atoms with Crippen molar-refractivity contribution in [1.82, 2.24) is 0 Å². The maximum atomic E-state index is 6.76. The molecule has 3 heteroatoms. The quantitative estimate of drug-likeness (QED) is 0.488. The zero-order valence-corrected chi connectivity index (χ0v) is 7.04. The van der Waals surface area contributed by atoms with Crippen molar-refractivity contribution >= 4 is 25.2 Å². The van der Waals surface area contributed by atoms with Crippen LogP contribution in [0.2, 0.25) is 0 Å². The first kappa shape index (κ1) is 8.59. The zero-order valence-electron chi connectivity index (χ0n) is 7.04. The van der Waals surface area contributed by atoms with E-state index in [1.807, 2.05) is 32.1 Å². The molecule has 1 rings (SSSR count). The Kier molecular flexibility index (Phi) is 3.14. The predicted molar refractivity (Wildman–Crippen MR) is 56.2 cm³/mol. The van der Waals surface area contributed by atoms with Crippen molar-refractivity contribution in [3.8, 4) is 0 Å². The molecule has 1 aromatic carbocycles. The van der Waals surface area contributed by atoms with E-state index in [1.165, 1.54) is 11.7 Å². The standard InChI is InChI=1S/C9H11BN2/c10-8-3-1-4-9(7-8)12-6-2-5-11/h1-7,11-12H,10H2/b6-2-,11-5?. The summed E-state index contributed by atoms with van der Waals surface area (Å²) in [6, 6.07) is 8.08. The molecule has 0 aromatic heterocycles. The molecule has 0 atom stereocenters. The van der Waals surface area contributed by atoms with Crippen LogP contribution in [-0.2, 0) is 0 Å². The Morgan fingerprint density at radius 1 is 1.42 bits per heavy atom. The Hall–Kier alpha value is -1.51. The third-order valence-electron chi connectivity index (χ3n) is 1.46. The first-order valence-electron chi connectivity index (χ1n) is 3.82. The molecule has 60 valence electrons. The summed E-state index contributed by atoms with van der Waals surface area (Å²) in [5.41, 5.74) is 2.27. The van der Waals surface area contributed by atoms with Crippen LogP contribution in [0.3, 0.4) is 0 Å². The first-order valence-corrected chi connectivity index (χ1v) is 3.82. The molecule has 1 aromatic rings. The van der Waals surface area contributed by atoms with Gasteiger partial charge in [0.05, 0.1) is 0 Å². The minimum Gasteiger partial charge on any atom is -0.362 e. The summed E-state index contributed by atoms with van der Waals surface area (Å²) in [7, 11) is 2.05. The number of allylic oxidation sites excluding steroid dienone is 1. The summed E-state index contributed by atoms with van der Waals surface area (Å²) < 4.78 is 0. The molecule has 0 spiro atoms. The largest absolute Gasteiger partial charge is 0.362 e. The normalized spacial score (nSPS) is 10.0. The van der Waals surface area contributed by atoms with Gasteiger partial charge in [0.2, 0.25) is 0 Å². The number of hydrogen-bond donors (Lipinski definition) is 2. The van der Waals surface area contributed by atoms with Crippen LogP contribution in [0.25, 0.3) is 0 Å². The molecule has 0 radical (unpaired) electrons. The number of rotatable bonds is 3. The topological polar surface area (TPSA) is 35.9 Å². The highest BCUT2D eigenvalue weighted by Crippen LogP contribution is 2.01. The maximum Gasteiger partial charge on any atom is 0.139 e. The van der Waals surface area contributed by atoms with E-state index in [0.717, 1.165) is 5.69 Å². The monoisotopic (exact) mass is 158 g/mol. The average Bonchev–Trinajstić information content (AvgIpc) is 2.05. The SMILES string of the molecule is Bc1cccc(N/C=C\C=N)c1. The highest BCUT2D eigenvalue weighted by Gasteiger charge is 1.86. The fraction of sp³-hybridized carbons (Fsp3) is 0. The van der Waals surface area contributed by atoms with Crippen molar-refractivity contribution in [3.05, 3.63) is 36.5 Å². The van der Waals surface area contributed by atoms with Crippen LogP contribution in [0.5, 0.6) is 0 Å². The van der Waals surface area contributed by atoms with Crippen molar-refractivity contribution < 1.29 is 0 Å². The number of nitrogens with one attached hydrogen (secondary N) is 2. The van der Waals surface area contributed by atoms with Gasteiger partial charge < -0.3 is 10.7 Å². The van der Waals surface area contributed by atoms with E-state index >= 15 is 0 Å². The summed E-state index contributed by atoms with van der Waals surface area (Å²) in [4.78, 5) is 0. The van der Waals surface area contributed by atoms with Gasteiger partial charge in [0, 0.05) is 18.1 Å². The van der Waals surface area contributed by atoms with E-state index in [1.54, 1.807) is 12.3 Å². The van der Waals surface area contributed by atoms with Crippen molar-refractivity contribution in [2.45, 2.75) is 0 Å². The van der Waals surface area contributed by atoms with E-state index in [-0.39, 0.29) is 0 Å². The van der Waals surface area contributed by atoms with Crippen molar-refractivity contribution in [1.29, 1.82) is 5.41 Å². The highest BCUT2D eigenvalue weighted by atomic mass is 14.8. The van der Waals surface area contributed by atoms with Gasteiger partial charge in [0.1, 0.15) is 7.85 Å². The molecule has 0 aliphatic carbocycles. The molecular weight excluding hydrogens is 147 g/mol.